The van der Waals surface area contributed by atoms with Crippen LogP contribution in [0.2, 0.25) is 0 Å². The van der Waals surface area contributed by atoms with Gasteiger partial charge in [0.2, 0.25) is 0 Å². The van der Waals surface area contributed by atoms with E-state index in [2.05, 4.69) is 45.0 Å². The van der Waals surface area contributed by atoms with Gasteiger partial charge in [-0.25, -0.2) is 0 Å². The van der Waals surface area contributed by atoms with Gasteiger partial charge in [0, 0.05) is 0 Å². The molecule has 0 aliphatic carbocycles. The molecule has 1 aromatic rings. The van der Waals surface area contributed by atoms with Gasteiger partial charge >= 0.3 is 0 Å². The fourth-order valence-electron chi connectivity index (χ4n) is 0.951. The molecule has 0 aromatic heterocycles. The summed E-state index contributed by atoms with van der Waals surface area (Å²) in [6.07, 6.45) is 0. The highest BCUT2D eigenvalue weighted by atomic mass is 14.0. The van der Waals surface area contributed by atoms with Crippen molar-refractivity contribution >= 4 is 0 Å². The van der Waals surface area contributed by atoms with Crippen molar-refractivity contribution in [1.29, 1.82) is 0 Å². The lowest BCUT2D eigenvalue weighted by molar-refractivity contribution is 0.866. The third kappa shape index (κ3) is 5.46. The molecule has 0 radical (unpaired) electrons. The summed E-state index contributed by atoms with van der Waals surface area (Å²) in [6.45, 7) is 6.54. The molecule has 0 nitrogen and oxygen atoms in total. The van der Waals surface area contributed by atoms with Crippen molar-refractivity contribution in [2.45, 2.75) is 49.0 Å². The molecule has 13 heavy (non-hydrogen) atoms. The third-order valence-electron chi connectivity index (χ3n) is 1.74. The van der Waals surface area contributed by atoms with Gasteiger partial charge in [0.15, 0.2) is 0 Å². The second kappa shape index (κ2) is 7.85. The molecule has 0 heterocycles. The van der Waals surface area contributed by atoms with Crippen molar-refractivity contribution in [3.05, 3.63) is 35.4 Å². The maximum atomic E-state index is 2.21. The zero-order valence-corrected chi connectivity index (χ0v) is 6.89. The number of hydrogen-bond acceptors (Lipinski definition) is 0. The summed E-state index contributed by atoms with van der Waals surface area (Å²) in [5, 5.41) is 0. The molecule has 0 saturated carbocycles. The van der Waals surface area contributed by atoms with E-state index in [1.165, 1.54) is 11.1 Å². The van der Waals surface area contributed by atoms with Gasteiger partial charge in [-0.1, -0.05) is 66.0 Å². The van der Waals surface area contributed by atoms with E-state index in [-0.39, 0.29) is 22.3 Å². The molecular formula is C13H26. The van der Waals surface area contributed by atoms with Crippen LogP contribution in [0.4, 0.5) is 0 Å². The Morgan fingerprint density at radius 2 is 1.23 bits per heavy atom. The van der Waals surface area contributed by atoms with E-state index in [1.54, 1.807) is 0 Å². The summed E-state index contributed by atoms with van der Waals surface area (Å²) in [5.74, 6) is 0.653. The highest BCUT2D eigenvalue weighted by molar-refractivity contribution is 5.23. The normalized spacial score (nSPS) is 8.00. The van der Waals surface area contributed by atoms with Crippen molar-refractivity contribution in [2.24, 2.45) is 0 Å². The number of benzene rings is 1. The topological polar surface area (TPSA) is 0 Å². The molecular weight excluding hydrogens is 156 g/mol. The van der Waals surface area contributed by atoms with Crippen LogP contribution in [-0.2, 0) is 0 Å². The number of rotatable bonds is 1. The highest BCUT2D eigenvalue weighted by Crippen LogP contribution is 2.13. The van der Waals surface area contributed by atoms with Crippen LogP contribution < -0.4 is 0 Å². The number of aryl methyl sites for hydroxylation is 1. The zero-order valence-electron chi connectivity index (χ0n) is 6.89. The quantitative estimate of drug-likeness (QED) is 0.571. The molecule has 0 unspecified atom stereocenters. The first-order valence-electron chi connectivity index (χ1n) is 3.76. The van der Waals surface area contributed by atoms with E-state index in [0.29, 0.717) is 5.92 Å². The second-order valence-corrected chi connectivity index (χ2v) is 3.07. The van der Waals surface area contributed by atoms with E-state index in [0.717, 1.165) is 0 Å². The van der Waals surface area contributed by atoms with Gasteiger partial charge < -0.3 is 0 Å². The molecule has 1 rings (SSSR count). The third-order valence-corrected chi connectivity index (χ3v) is 1.74. The van der Waals surface area contributed by atoms with Crippen LogP contribution in [-0.4, -0.2) is 0 Å². The fraction of sp³-hybridized carbons (Fsp3) is 0.538. The van der Waals surface area contributed by atoms with Gasteiger partial charge in [-0.15, -0.1) is 0 Å². The van der Waals surface area contributed by atoms with E-state index >= 15 is 0 Å². The van der Waals surface area contributed by atoms with Crippen LogP contribution in [0.15, 0.2) is 24.3 Å². The molecule has 0 aliphatic rings. The molecule has 0 N–H and O–H groups in total. The van der Waals surface area contributed by atoms with Crippen LogP contribution in [0.1, 0.15) is 53.2 Å². The van der Waals surface area contributed by atoms with Crippen molar-refractivity contribution < 1.29 is 0 Å². The Morgan fingerprint density at radius 3 is 1.54 bits per heavy atom. The zero-order chi connectivity index (χ0) is 7.56. The lowest BCUT2D eigenvalue weighted by Gasteiger charge is -2.03. The standard InChI is InChI=1S/C10H14.3CH4/c1-8(2)10-6-4-9(3)5-7-10;;;/h4-8H,1-3H3;3*1H4. The van der Waals surface area contributed by atoms with Crippen LogP contribution in [0.3, 0.4) is 0 Å². The Balaban J connectivity index is -0.000000333. The highest BCUT2D eigenvalue weighted by Gasteiger charge is 1.95. The Kier molecular flexibility index (Phi) is 10.9. The summed E-state index contributed by atoms with van der Waals surface area (Å²) in [7, 11) is 0. The van der Waals surface area contributed by atoms with E-state index < -0.39 is 0 Å². The Hall–Kier alpha value is -0.780. The molecule has 0 aliphatic heterocycles. The second-order valence-electron chi connectivity index (χ2n) is 3.07. The summed E-state index contributed by atoms with van der Waals surface area (Å²) in [5.41, 5.74) is 2.76. The Morgan fingerprint density at radius 1 is 0.846 bits per heavy atom. The van der Waals surface area contributed by atoms with Crippen molar-refractivity contribution in [3.63, 3.8) is 0 Å². The molecule has 0 bridgehead atoms. The van der Waals surface area contributed by atoms with Crippen molar-refractivity contribution in [2.75, 3.05) is 0 Å². The minimum atomic E-state index is 0. The number of hydrogen-bond donors (Lipinski definition) is 0. The maximum absolute atomic E-state index is 2.21. The molecule has 0 atom stereocenters. The van der Waals surface area contributed by atoms with Crippen molar-refractivity contribution in [3.8, 4) is 0 Å². The molecule has 0 saturated heterocycles. The Bertz CT molecular complexity index is 194. The van der Waals surface area contributed by atoms with Crippen LogP contribution in [0, 0.1) is 6.92 Å². The van der Waals surface area contributed by atoms with E-state index in [1.807, 2.05) is 0 Å². The van der Waals surface area contributed by atoms with Crippen molar-refractivity contribution in [1.82, 2.24) is 0 Å². The molecule has 1 aromatic carbocycles. The van der Waals surface area contributed by atoms with Gasteiger partial charge in [0.25, 0.3) is 0 Å². The van der Waals surface area contributed by atoms with Gasteiger partial charge in [-0.3, -0.25) is 0 Å². The predicted molar refractivity (Wildman–Crippen MR) is 65.5 cm³/mol. The van der Waals surface area contributed by atoms with Crippen LogP contribution in [0.25, 0.3) is 0 Å². The van der Waals surface area contributed by atoms with Crippen LogP contribution in [0.5, 0.6) is 0 Å². The largest absolute Gasteiger partial charge is 0.0776 e. The Labute approximate surface area is 85.0 Å². The molecule has 0 spiro atoms. The average molecular weight is 182 g/mol. The molecule has 0 heteroatoms. The summed E-state index contributed by atoms with van der Waals surface area (Å²) < 4.78 is 0. The minimum Gasteiger partial charge on any atom is -0.0776 e. The van der Waals surface area contributed by atoms with Gasteiger partial charge in [0.1, 0.15) is 0 Å². The van der Waals surface area contributed by atoms with E-state index in [4.69, 9.17) is 0 Å². The van der Waals surface area contributed by atoms with Crippen LogP contribution >= 0.6 is 0 Å². The van der Waals surface area contributed by atoms with Gasteiger partial charge in [-0.05, 0) is 18.4 Å². The minimum absolute atomic E-state index is 0. The fourth-order valence-corrected chi connectivity index (χ4v) is 0.951. The maximum Gasteiger partial charge on any atom is -0.0219 e. The lowest BCUT2D eigenvalue weighted by atomic mass is 10.0. The summed E-state index contributed by atoms with van der Waals surface area (Å²) in [4.78, 5) is 0. The lowest BCUT2D eigenvalue weighted by Crippen LogP contribution is -1.85. The predicted octanol–water partition coefficient (Wildman–Crippen LogP) is 5.03. The van der Waals surface area contributed by atoms with E-state index in [9.17, 15) is 0 Å². The average Bonchev–Trinajstić information content (AvgIpc) is 1.88. The van der Waals surface area contributed by atoms with Gasteiger partial charge in [-0.2, -0.15) is 0 Å². The molecule has 0 amide bonds. The monoisotopic (exact) mass is 182 g/mol. The first-order valence-corrected chi connectivity index (χ1v) is 3.76. The summed E-state index contributed by atoms with van der Waals surface area (Å²) in [6, 6.07) is 8.71. The SMILES string of the molecule is C.C.C.Cc1ccc(C(C)C)cc1. The molecule has 78 valence electrons. The first-order chi connectivity index (χ1) is 4.70. The summed E-state index contributed by atoms with van der Waals surface area (Å²) >= 11 is 0. The molecule has 0 fully saturated rings. The van der Waals surface area contributed by atoms with Gasteiger partial charge in [0.05, 0.1) is 0 Å². The first kappa shape index (κ1) is 18.1. The smallest absolute Gasteiger partial charge is 0.0219 e.